The number of hydrazine groups is 1. The molecule has 2 atom stereocenters. The van der Waals surface area contributed by atoms with Crippen LogP contribution in [0.3, 0.4) is 0 Å². The van der Waals surface area contributed by atoms with Crippen LogP contribution in [0.1, 0.15) is 19.4 Å². The Morgan fingerprint density at radius 1 is 0.957 bits per heavy atom. The van der Waals surface area contributed by atoms with Crippen LogP contribution in [0, 0.1) is 0 Å². The average Bonchev–Trinajstić information content (AvgIpc) is 2.50. The van der Waals surface area contributed by atoms with E-state index in [0.717, 1.165) is 11.3 Å². The minimum absolute atomic E-state index is 0.372. The highest BCUT2D eigenvalue weighted by molar-refractivity contribution is 5.57. The first-order valence-electron chi connectivity index (χ1n) is 7.51. The number of hydrogen-bond acceptors (Lipinski definition) is 6. The maximum atomic E-state index is 10.1. The SMILES string of the molecule is CC(O)N(C(C)O)N(Cc1cc(N)ccc1N)c1ccccc1. The molecule has 0 heterocycles. The average molecular weight is 316 g/mol. The van der Waals surface area contributed by atoms with Crippen LogP contribution in [0.25, 0.3) is 0 Å². The highest BCUT2D eigenvalue weighted by Crippen LogP contribution is 2.25. The summed E-state index contributed by atoms with van der Waals surface area (Å²) in [6.07, 6.45) is -1.75. The molecule has 2 unspecified atom stereocenters. The van der Waals surface area contributed by atoms with E-state index in [1.807, 2.05) is 30.3 Å². The zero-order chi connectivity index (χ0) is 17.0. The number of rotatable bonds is 6. The second kappa shape index (κ2) is 7.32. The lowest BCUT2D eigenvalue weighted by Crippen LogP contribution is -2.52. The lowest BCUT2D eigenvalue weighted by molar-refractivity contribution is -0.0929. The molecule has 0 aliphatic rings. The Balaban J connectivity index is 2.43. The summed E-state index contributed by atoms with van der Waals surface area (Å²) in [6, 6.07) is 14.8. The maximum Gasteiger partial charge on any atom is 0.124 e. The lowest BCUT2D eigenvalue weighted by Gasteiger charge is -2.40. The summed E-state index contributed by atoms with van der Waals surface area (Å²) in [7, 11) is 0. The molecule has 23 heavy (non-hydrogen) atoms. The summed E-state index contributed by atoms with van der Waals surface area (Å²) in [5.74, 6) is 0. The molecule has 0 aromatic heterocycles. The molecule has 0 aliphatic heterocycles. The Morgan fingerprint density at radius 2 is 1.57 bits per heavy atom. The quantitative estimate of drug-likeness (QED) is 0.368. The molecular weight excluding hydrogens is 292 g/mol. The van der Waals surface area contributed by atoms with Gasteiger partial charge in [-0.3, -0.25) is 5.01 Å². The fourth-order valence-corrected chi connectivity index (χ4v) is 2.55. The van der Waals surface area contributed by atoms with E-state index in [1.54, 1.807) is 37.1 Å². The van der Waals surface area contributed by atoms with Crippen molar-refractivity contribution in [2.75, 3.05) is 16.5 Å². The normalized spacial score (nSPS) is 13.8. The molecule has 0 fully saturated rings. The highest BCUT2D eigenvalue weighted by atomic mass is 16.3. The van der Waals surface area contributed by atoms with Crippen molar-refractivity contribution in [1.82, 2.24) is 5.01 Å². The number of benzene rings is 2. The Bertz CT molecular complexity index is 624. The van der Waals surface area contributed by atoms with Crippen molar-refractivity contribution in [1.29, 1.82) is 0 Å². The molecule has 2 aromatic carbocycles. The van der Waals surface area contributed by atoms with E-state index in [0.29, 0.717) is 17.9 Å². The summed E-state index contributed by atoms with van der Waals surface area (Å²) in [4.78, 5) is 0. The standard InChI is InChI=1S/C17H24N4O2/c1-12(22)21(13(2)23)20(16-6-4-3-5-7-16)11-14-10-15(18)8-9-17(14)19/h3-10,12-13,22-23H,11,18-19H2,1-2H3. The number of nitrogen functional groups attached to an aromatic ring is 2. The molecule has 6 heteroatoms. The molecule has 6 N–H and O–H groups in total. The molecule has 0 radical (unpaired) electrons. The number of nitrogens with zero attached hydrogens (tertiary/aromatic N) is 2. The van der Waals surface area contributed by atoms with Crippen LogP contribution in [0.15, 0.2) is 48.5 Å². The third-order valence-corrected chi connectivity index (χ3v) is 3.59. The Labute approximate surface area is 136 Å². The fraction of sp³-hybridized carbons (Fsp3) is 0.294. The molecule has 0 saturated carbocycles. The van der Waals surface area contributed by atoms with Crippen LogP contribution < -0.4 is 16.5 Å². The molecular formula is C17H24N4O2. The van der Waals surface area contributed by atoms with Gasteiger partial charge in [-0.2, -0.15) is 5.01 Å². The largest absolute Gasteiger partial charge is 0.399 e. The molecule has 2 aromatic rings. The van der Waals surface area contributed by atoms with E-state index in [1.165, 1.54) is 5.01 Å². The van der Waals surface area contributed by atoms with E-state index in [9.17, 15) is 10.2 Å². The fourth-order valence-electron chi connectivity index (χ4n) is 2.55. The predicted molar refractivity (Wildman–Crippen MR) is 93.1 cm³/mol. The van der Waals surface area contributed by atoms with Crippen molar-refractivity contribution in [2.24, 2.45) is 0 Å². The molecule has 0 spiro atoms. The third-order valence-electron chi connectivity index (χ3n) is 3.59. The lowest BCUT2D eigenvalue weighted by atomic mass is 10.1. The van der Waals surface area contributed by atoms with Crippen LogP contribution >= 0.6 is 0 Å². The number of aliphatic hydroxyl groups is 2. The van der Waals surface area contributed by atoms with E-state index < -0.39 is 12.5 Å². The van der Waals surface area contributed by atoms with Crippen molar-refractivity contribution in [2.45, 2.75) is 32.8 Å². The second-order valence-electron chi connectivity index (χ2n) is 5.50. The van der Waals surface area contributed by atoms with Gasteiger partial charge in [0.2, 0.25) is 0 Å². The first-order valence-corrected chi connectivity index (χ1v) is 7.51. The molecule has 0 aliphatic carbocycles. The molecule has 0 bridgehead atoms. The molecule has 0 amide bonds. The predicted octanol–water partition coefficient (Wildman–Crippen LogP) is 1.75. The van der Waals surface area contributed by atoms with Gasteiger partial charge in [-0.15, -0.1) is 0 Å². The Kier molecular flexibility index (Phi) is 5.44. The Hall–Kier alpha value is -2.28. The summed E-state index contributed by atoms with van der Waals surface area (Å²) in [5.41, 5.74) is 14.8. The van der Waals surface area contributed by atoms with Gasteiger partial charge in [0.1, 0.15) is 12.5 Å². The van der Waals surface area contributed by atoms with Crippen molar-refractivity contribution < 1.29 is 10.2 Å². The van der Waals surface area contributed by atoms with Gasteiger partial charge in [-0.05, 0) is 49.7 Å². The second-order valence-corrected chi connectivity index (χ2v) is 5.50. The van der Waals surface area contributed by atoms with Crippen molar-refractivity contribution in [3.63, 3.8) is 0 Å². The van der Waals surface area contributed by atoms with E-state index in [4.69, 9.17) is 11.5 Å². The van der Waals surface area contributed by atoms with E-state index in [2.05, 4.69) is 0 Å². The Morgan fingerprint density at radius 3 is 2.13 bits per heavy atom. The molecule has 6 nitrogen and oxygen atoms in total. The van der Waals surface area contributed by atoms with Gasteiger partial charge in [0.25, 0.3) is 0 Å². The van der Waals surface area contributed by atoms with Gasteiger partial charge in [0, 0.05) is 11.4 Å². The number of para-hydroxylation sites is 1. The van der Waals surface area contributed by atoms with Crippen LogP contribution in [-0.2, 0) is 6.54 Å². The van der Waals surface area contributed by atoms with E-state index in [-0.39, 0.29) is 0 Å². The summed E-state index contributed by atoms with van der Waals surface area (Å²) >= 11 is 0. The van der Waals surface area contributed by atoms with Crippen LogP contribution in [0.2, 0.25) is 0 Å². The van der Waals surface area contributed by atoms with Gasteiger partial charge < -0.3 is 21.7 Å². The number of anilines is 3. The minimum Gasteiger partial charge on any atom is -0.399 e. The first kappa shape index (κ1) is 17.1. The monoisotopic (exact) mass is 316 g/mol. The first-order chi connectivity index (χ1) is 10.9. The summed E-state index contributed by atoms with van der Waals surface area (Å²) in [6.45, 7) is 3.58. The number of aliphatic hydroxyl groups excluding tert-OH is 2. The summed E-state index contributed by atoms with van der Waals surface area (Å²) < 4.78 is 0. The van der Waals surface area contributed by atoms with Gasteiger partial charge >= 0.3 is 0 Å². The zero-order valence-corrected chi connectivity index (χ0v) is 13.4. The number of nitrogens with two attached hydrogens (primary N) is 2. The minimum atomic E-state index is -0.877. The number of hydrogen-bond donors (Lipinski definition) is 4. The maximum absolute atomic E-state index is 10.1. The van der Waals surface area contributed by atoms with Crippen LogP contribution in [-0.4, -0.2) is 27.7 Å². The highest BCUT2D eigenvalue weighted by Gasteiger charge is 2.25. The molecule has 124 valence electrons. The van der Waals surface area contributed by atoms with Crippen molar-refractivity contribution in [3.05, 3.63) is 54.1 Å². The van der Waals surface area contributed by atoms with Crippen LogP contribution in [0.4, 0.5) is 17.1 Å². The van der Waals surface area contributed by atoms with Crippen molar-refractivity contribution in [3.8, 4) is 0 Å². The van der Waals surface area contributed by atoms with Gasteiger partial charge in [0.05, 0.1) is 12.2 Å². The third kappa shape index (κ3) is 4.13. The van der Waals surface area contributed by atoms with Gasteiger partial charge in [-0.25, -0.2) is 0 Å². The summed E-state index contributed by atoms with van der Waals surface area (Å²) in [5, 5.41) is 23.4. The van der Waals surface area contributed by atoms with Gasteiger partial charge in [0.15, 0.2) is 0 Å². The van der Waals surface area contributed by atoms with Gasteiger partial charge in [-0.1, -0.05) is 18.2 Å². The molecule has 2 rings (SSSR count). The molecule has 0 saturated heterocycles. The van der Waals surface area contributed by atoms with Crippen molar-refractivity contribution >= 4 is 17.1 Å². The van der Waals surface area contributed by atoms with E-state index >= 15 is 0 Å². The zero-order valence-electron chi connectivity index (χ0n) is 13.4. The topological polar surface area (TPSA) is 99.0 Å². The van der Waals surface area contributed by atoms with Crippen LogP contribution in [0.5, 0.6) is 0 Å². The smallest absolute Gasteiger partial charge is 0.124 e.